The van der Waals surface area contributed by atoms with Crippen molar-refractivity contribution < 1.29 is 14.0 Å². The Kier molecular flexibility index (Phi) is 7.39. The largest absolute Gasteiger partial charge is 0.398 e. The summed E-state index contributed by atoms with van der Waals surface area (Å²) in [5.41, 5.74) is 13.2. The van der Waals surface area contributed by atoms with E-state index in [2.05, 4.69) is 10.6 Å². The highest BCUT2D eigenvalue weighted by Gasteiger charge is 2.21. The molecule has 0 unspecified atom stereocenters. The van der Waals surface area contributed by atoms with E-state index in [-0.39, 0.29) is 40.9 Å². The van der Waals surface area contributed by atoms with Crippen LogP contribution in [0.1, 0.15) is 42.3 Å². The summed E-state index contributed by atoms with van der Waals surface area (Å²) in [4.78, 5) is 26.4. The molecule has 1 aliphatic heterocycles. The van der Waals surface area contributed by atoms with E-state index < -0.39 is 5.82 Å². The van der Waals surface area contributed by atoms with Gasteiger partial charge in [-0.25, -0.2) is 4.39 Å². The van der Waals surface area contributed by atoms with Gasteiger partial charge < -0.3 is 27.0 Å². The second kappa shape index (κ2) is 9.56. The fraction of sp³-hybridized carbons (Fsp3) is 0.429. The van der Waals surface area contributed by atoms with Gasteiger partial charge in [-0.15, -0.1) is 0 Å². The molecule has 0 bridgehead atoms. The van der Waals surface area contributed by atoms with E-state index in [1.54, 1.807) is 17.9 Å². The molecule has 2 amide bonds. The quantitative estimate of drug-likeness (QED) is 0.404. The lowest BCUT2D eigenvalue weighted by molar-refractivity contribution is -0.128. The predicted molar refractivity (Wildman–Crippen MR) is 112 cm³/mol. The second-order valence-corrected chi connectivity index (χ2v) is 7.39. The molecule has 1 aromatic rings. The zero-order chi connectivity index (χ0) is 21.7. The summed E-state index contributed by atoms with van der Waals surface area (Å²) < 4.78 is 14.4. The molecule has 1 heterocycles. The minimum Gasteiger partial charge on any atom is -0.398 e. The van der Waals surface area contributed by atoms with E-state index in [9.17, 15) is 14.0 Å². The first-order chi connectivity index (χ1) is 13.6. The Morgan fingerprint density at radius 2 is 1.97 bits per heavy atom. The normalized spacial score (nSPS) is 15.2. The number of carbonyl (C=O) groups is 2. The van der Waals surface area contributed by atoms with Crippen molar-refractivity contribution in [1.82, 2.24) is 15.5 Å². The summed E-state index contributed by atoms with van der Waals surface area (Å²) in [6.45, 7) is 9.18. The van der Waals surface area contributed by atoms with Gasteiger partial charge in [0, 0.05) is 42.5 Å². The lowest BCUT2D eigenvalue weighted by atomic mass is 10.0. The van der Waals surface area contributed by atoms with E-state index in [0.717, 1.165) is 0 Å². The molecule has 1 aliphatic rings. The van der Waals surface area contributed by atoms with E-state index in [1.165, 1.54) is 18.2 Å². The topological polar surface area (TPSA) is 113 Å². The van der Waals surface area contributed by atoms with Crippen LogP contribution in [0.25, 0.3) is 5.70 Å². The number of nitrogens with one attached hydrogen (secondary N) is 2. The van der Waals surface area contributed by atoms with Crippen molar-refractivity contribution >= 4 is 17.5 Å². The zero-order valence-electron chi connectivity index (χ0n) is 17.4. The van der Waals surface area contributed by atoms with Crippen LogP contribution in [-0.4, -0.2) is 48.4 Å². The summed E-state index contributed by atoms with van der Waals surface area (Å²) in [7, 11) is 0. The highest BCUT2D eigenvalue weighted by molar-refractivity contribution is 5.96. The third kappa shape index (κ3) is 5.35. The summed E-state index contributed by atoms with van der Waals surface area (Å²) >= 11 is 0. The first kappa shape index (κ1) is 22.4. The summed E-state index contributed by atoms with van der Waals surface area (Å²) in [6, 6.07) is 2.80. The van der Waals surface area contributed by atoms with Crippen molar-refractivity contribution in [3.8, 4) is 0 Å². The van der Waals surface area contributed by atoms with Gasteiger partial charge in [0.15, 0.2) is 0 Å². The molecule has 0 atom stereocenters. The number of hydrogen-bond acceptors (Lipinski definition) is 5. The molecule has 0 radical (unpaired) electrons. The van der Waals surface area contributed by atoms with E-state index in [1.807, 2.05) is 20.8 Å². The number of halogens is 1. The second-order valence-electron chi connectivity index (χ2n) is 7.39. The molecule has 158 valence electrons. The Balaban J connectivity index is 2.27. The number of allylic oxidation sites excluding steroid dienone is 2. The van der Waals surface area contributed by atoms with E-state index in [0.29, 0.717) is 30.8 Å². The third-order valence-corrected chi connectivity index (χ3v) is 4.95. The summed E-state index contributed by atoms with van der Waals surface area (Å²) in [5, 5.41) is 5.89. The van der Waals surface area contributed by atoms with Crippen molar-refractivity contribution in [3.63, 3.8) is 0 Å². The molecule has 6 N–H and O–H groups in total. The molecule has 1 saturated heterocycles. The van der Waals surface area contributed by atoms with Crippen LogP contribution in [-0.2, 0) is 4.79 Å². The molecule has 1 aromatic carbocycles. The number of benzene rings is 1. The van der Waals surface area contributed by atoms with Crippen LogP contribution in [0.15, 0.2) is 30.0 Å². The molecule has 1 fully saturated rings. The minimum absolute atomic E-state index is 0.0122. The average molecular weight is 404 g/mol. The number of carbonyl (C=O) groups excluding carboxylic acids is 2. The molecular formula is C21H30FN5O2. The number of amides is 2. The van der Waals surface area contributed by atoms with Gasteiger partial charge in [0.05, 0.1) is 11.7 Å². The van der Waals surface area contributed by atoms with Gasteiger partial charge in [0.1, 0.15) is 5.82 Å². The number of nitrogens with two attached hydrogens (primary N) is 2. The number of hydrogen-bond donors (Lipinski definition) is 4. The Hall–Kier alpha value is -2.87. The first-order valence-corrected chi connectivity index (χ1v) is 9.71. The maximum Gasteiger partial charge on any atom is 0.269 e. The molecule has 0 saturated carbocycles. The molecule has 0 aromatic heterocycles. The molecule has 0 spiro atoms. The molecule has 29 heavy (non-hydrogen) atoms. The molecular weight excluding hydrogens is 373 g/mol. The Labute approximate surface area is 171 Å². The van der Waals surface area contributed by atoms with Crippen molar-refractivity contribution in [1.29, 1.82) is 0 Å². The van der Waals surface area contributed by atoms with Gasteiger partial charge in [-0.1, -0.05) is 0 Å². The number of likely N-dealkylation sites (N-methyl/N-ethyl adjacent to an activating group) is 1. The van der Waals surface area contributed by atoms with Crippen LogP contribution in [0.3, 0.4) is 0 Å². The predicted octanol–water partition coefficient (Wildman–Crippen LogP) is 1.23. The summed E-state index contributed by atoms with van der Waals surface area (Å²) in [5.74, 6) is -1.18. The lowest BCUT2D eigenvalue weighted by Crippen LogP contribution is -2.56. The highest BCUT2D eigenvalue weighted by Crippen LogP contribution is 2.21. The van der Waals surface area contributed by atoms with Crippen LogP contribution >= 0.6 is 0 Å². The van der Waals surface area contributed by atoms with Gasteiger partial charge in [-0.2, -0.15) is 0 Å². The van der Waals surface area contributed by atoms with Gasteiger partial charge in [0.2, 0.25) is 0 Å². The smallest absolute Gasteiger partial charge is 0.269 e. The van der Waals surface area contributed by atoms with E-state index in [4.69, 9.17) is 11.5 Å². The maximum absolute atomic E-state index is 14.4. The minimum atomic E-state index is -0.527. The number of rotatable bonds is 7. The fourth-order valence-electron chi connectivity index (χ4n) is 3.02. The standard InChI is InChI=1S/C21H30FN5O2/c1-5-27(12(2)3)21(29)19(24)7-6-18(23)16-8-14(9-17(22)13(16)4)20(28)26-15-10-25-11-15/h6-9,12,15,25H,5,10-11,23-24H2,1-4H3,(H,26,28)/b18-6-,19-7-. The van der Waals surface area contributed by atoms with Crippen molar-refractivity contribution in [2.24, 2.45) is 11.5 Å². The van der Waals surface area contributed by atoms with E-state index >= 15 is 0 Å². The lowest BCUT2D eigenvalue weighted by Gasteiger charge is -2.28. The molecule has 8 heteroatoms. The van der Waals surface area contributed by atoms with Gasteiger partial charge in [-0.05, 0) is 57.5 Å². The number of nitrogens with zero attached hydrogens (tertiary/aromatic N) is 1. The Morgan fingerprint density at radius 3 is 2.48 bits per heavy atom. The summed E-state index contributed by atoms with van der Waals surface area (Å²) in [6.07, 6.45) is 2.87. The fourth-order valence-corrected chi connectivity index (χ4v) is 3.02. The van der Waals surface area contributed by atoms with Crippen LogP contribution < -0.4 is 22.1 Å². The average Bonchev–Trinajstić information content (AvgIpc) is 2.64. The monoisotopic (exact) mass is 403 g/mol. The zero-order valence-corrected chi connectivity index (χ0v) is 17.4. The van der Waals surface area contributed by atoms with Gasteiger partial charge in [-0.3, -0.25) is 9.59 Å². The van der Waals surface area contributed by atoms with Crippen LogP contribution in [0, 0.1) is 12.7 Å². The van der Waals surface area contributed by atoms with Gasteiger partial charge in [0.25, 0.3) is 11.8 Å². The molecule has 7 nitrogen and oxygen atoms in total. The Morgan fingerprint density at radius 1 is 1.31 bits per heavy atom. The van der Waals surface area contributed by atoms with Crippen molar-refractivity contribution in [2.75, 3.05) is 19.6 Å². The maximum atomic E-state index is 14.4. The SMILES string of the molecule is CCN(C(=O)/C(N)=C/C=C(\N)c1cc(C(=O)NC2CNC2)cc(F)c1C)C(C)C. The van der Waals surface area contributed by atoms with Gasteiger partial charge >= 0.3 is 0 Å². The Bertz CT molecular complexity index is 844. The molecule has 2 rings (SSSR count). The van der Waals surface area contributed by atoms with Crippen molar-refractivity contribution in [3.05, 3.63) is 52.5 Å². The van der Waals surface area contributed by atoms with Crippen LogP contribution in [0.2, 0.25) is 0 Å². The van der Waals surface area contributed by atoms with Crippen molar-refractivity contribution in [2.45, 2.75) is 39.8 Å². The van der Waals surface area contributed by atoms with Crippen LogP contribution in [0.4, 0.5) is 4.39 Å². The van der Waals surface area contributed by atoms with Crippen LogP contribution in [0.5, 0.6) is 0 Å². The third-order valence-electron chi connectivity index (χ3n) is 4.95. The highest BCUT2D eigenvalue weighted by atomic mass is 19.1. The first-order valence-electron chi connectivity index (χ1n) is 9.71. The molecule has 0 aliphatic carbocycles.